The van der Waals surface area contributed by atoms with E-state index in [4.69, 9.17) is 4.74 Å². The van der Waals surface area contributed by atoms with Gasteiger partial charge < -0.3 is 9.84 Å². The molecule has 3 nitrogen and oxygen atoms in total. The molecule has 0 saturated carbocycles. The molecule has 0 spiro atoms. The maximum atomic E-state index is 10.9. The highest BCUT2D eigenvalue weighted by molar-refractivity contribution is 5.80. The summed E-state index contributed by atoms with van der Waals surface area (Å²) in [6.45, 7) is 2.21. The average Bonchev–Trinajstić information content (AvgIpc) is 2.37. The third-order valence-corrected chi connectivity index (χ3v) is 2.66. The first-order chi connectivity index (χ1) is 8.70. The molecule has 0 atom stereocenters. The third kappa shape index (κ3) is 2.69. The molecule has 92 valence electrons. The fourth-order valence-electron chi connectivity index (χ4n) is 1.77. The minimum absolute atomic E-state index is 0.205. The highest BCUT2D eigenvalue weighted by atomic mass is 16.5. The third-order valence-electron chi connectivity index (χ3n) is 2.66. The van der Waals surface area contributed by atoms with Crippen molar-refractivity contribution >= 4 is 6.29 Å². The summed E-state index contributed by atoms with van der Waals surface area (Å²) >= 11 is 0. The Bertz CT molecular complexity index is 561. The minimum Gasteiger partial charge on any atom is -0.508 e. The number of carbonyl (C=O) groups excluding carboxylic acids is 1. The summed E-state index contributed by atoms with van der Waals surface area (Å²) in [6, 6.07) is 12.3. The largest absolute Gasteiger partial charge is 0.508 e. The second kappa shape index (κ2) is 5.36. The molecule has 0 bridgehead atoms. The van der Waals surface area contributed by atoms with Crippen LogP contribution in [0.15, 0.2) is 42.5 Å². The summed E-state index contributed by atoms with van der Waals surface area (Å²) in [7, 11) is 0. The number of para-hydroxylation sites is 1. The molecule has 0 saturated heterocycles. The number of phenolic OH excluding ortho intramolecular Hbond substituents is 1. The van der Waals surface area contributed by atoms with Gasteiger partial charge in [0, 0.05) is 0 Å². The van der Waals surface area contributed by atoms with Crippen LogP contribution in [0.5, 0.6) is 11.5 Å². The van der Waals surface area contributed by atoms with Gasteiger partial charge in [0.1, 0.15) is 18.1 Å². The highest BCUT2D eigenvalue weighted by Crippen LogP contribution is 2.23. The number of aromatic hydroxyl groups is 1. The van der Waals surface area contributed by atoms with Crippen molar-refractivity contribution in [2.75, 3.05) is 0 Å². The molecule has 0 fully saturated rings. The molecule has 0 aliphatic carbocycles. The molecule has 2 aromatic carbocycles. The second-order valence-electron chi connectivity index (χ2n) is 4.07. The molecule has 0 aliphatic heterocycles. The SMILES string of the molecule is Cc1cccc(C=O)c1OCc1cccc(O)c1. The maximum absolute atomic E-state index is 10.9. The molecule has 0 aromatic heterocycles. The van der Waals surface area contributed by atoms with Crippen LogP contribution < -0.4 is 4.74 Å². The average molecular weight is 242 g/mol. The van der Waals surface area contributed by atoms with E-state index in [9.17, 15) is 9.90 Å². The predicted octanol–water partition coefficient (Wildman–Crippen LogP) is 3.09. The van der Waals surface area contributed by atoms with Gasteiger partial charge in [-0.1, -0.05) is 24.3 Å². The lowest BCUT2D eigenvalue weighted by Crippen LogP contribution is -2.00. The summed E-state index contributed by atoms with van der Waals surface area (Å²) in [4.78, 5) is 10.9. The summed E-state index contributed by atoms with van der Waals surface area (Å²) < 4.78 is 5.66. The van der Waals surface area contributed by atoms with E-state index in [0.717, 1.165) is 17.4 Å². The van der Waals surface area contributed by atoms with Crippen molar-refractivity contribution in [1.29, 1.82) is 0 Å². The molecule has 0 amide bonds. The van der Waals surface area contributed by atoms with E-state index >= 15 is 0 Å². The lowest BCUT2D eigenvalue weighted by Gasteiger charge is -2.11. The van der Waals surface area contributed by atoms with Gasteiger partial charge in [-0.15, -0.1) is 0 Å². The number of ether oxygens (including phenoxy) is 1. The fraction of sp³-hybridized carbons (Fsp3) is 0.133. The van der Waals surface area contributed by atoms with E-state index in [1.807, 2.05) is 25.1 Å². The van der Waals surface area contributed by atoms with Crippen LogP contribution >= 0.6 is 0 Å². The van der Waals surface area contributed by atoms with Gasteiger partial charge in [-0.2, -0.15) is 0 Å². The molecule has 3 heteroatoms. The maximum Gasteiger partial charge on any atom is 0.153 e. The van der Waals surface area contributed by atoms with E-state index in [1.54, 1.807) is 24.3 Å². The first kappa shape index (κ1) is 12.2. The quantitative estimate of drug-likeness (QED) is 0.838. The predicted molar refractivity (Wildman–Crippen MR) is 69.0 cm³/mol. The Balaban J connectivity index is 2.18. The standard InChI is InChI=1S/C15H14O3/c1-11-4-2-6-13(9-16)15(11)18-10-12-5-3-7-14(17)8-12/h2-9,17H,10H2,1H3. The monoisotopic (exact) mass is 242 g/mol. The number of phenols is 1. The fourth-order valence-corrected chi connectivity index (χ4v) is 1.77. The zero-order valence-corrected chi connectivity index (χ0v) is 10.1. The first-order valence-corrected chi connectivity index (χ1v) is 5.66. The minimum atomic E-state index is 0.205. The van der Waals surface area contributed by atoms with Crippen molar-refractivity contribution in [1.82, 2.24) is 0 Å². The molecular formula is C15H14O3. The zero-order chi connectivity index (χ0) is 13.0. The molecule has 2 aromatic rings. The van der Waals surface area contributed by atoms with Crippen LogP contribution in [0.2, 0.25) is 0 Å². The Morgan fingerprint density at radius 1 is 1.22 bits per heavy atom. The van der Waals surface area contributed by atoms with E-state index in [-0.39, 0.29) is 5.75 Å². The topological polar surface area (TPSA) is 46.5 Å². The molecule has 1 N–H and O–H groups in total. The zero-order valence-electron chi connectivity index (χ0n) is 10.1. The summed E-state index contributed by atoms with van der Waals surface area (Å²) in [6.07, 6.45) is 0.783. The van der Waals surface area contributed by atoms with Gasteiger partial charge in [-0.05, 0) is 36.2 Å². The molecular weight excluding hydrogens is 228 g/mol. The van der Waals surface area contributed by atoms with Crippen LogP contribution in [0.25, 0.3) is 0 Å². The van der Waals surface area contributed by atoms with Crippen molar-refractivity contribution in [3.8, 4) is 11.5 Å². The summed E-state index contributed by atoms with van der Waals surface area (Å²) in [5.74, 6) is 0.798. The van der Waals surface area contributed by atoms with Gasteiger partial charge in [-0.25, -0.2) is 0 Å². The van der Waals surface area contributed by atoms with Crippen LogP contribution in [0, 0.1) is 6.92 Å². The second-order valence-corrected chi connectivity index (χ2v) is 4.07. The molecule has 0 unspecified atom stereocenters. The highest BCUT2D eigenvalue weighted by Gasteiger charge is 2.06. The number of aldehydes is 1. The van der Waals surface area contributed by atoms with E-state index in [0.29, 0.717) is 17.9 Å². The number of rotatable bonds is 4. The van der Waals surface area contributed by atoms with E-state index in [2.05, 4.69) is 0 Å². The Morgan fingerprint density at radius 2 is 2.00 bits per heavy atom. The molecule has 0 radical (unpaired) electrons. The smallest absolute Gasteiger partial charge is 0.153 e. The lowest BCUT2D eigenvalue weighted by molar-refractivity contribution is 0.111. The van der Waals surface area contributed by atoms with Gasteiger partial charge in [0.15, 0.2) is 6.29 Å². The molecule has 0 aliphatic rings. The number of benzene rings is 2. The Morgan fingerprint density at radius 3 is 2.72 bits per heavy atom. The van der Waals surface area contributed by atoms with Crippen LogP contribution in [0.3, 0.4) is 0 Å². The Hall–Kier alpha value is -2.29. The van der Waals surface area contributed by atoms with Crippen LogP contribution in [0.4, 0.5) is 0 Å². The molecule has 2 rings (SSSR count). The van der Waals surface area contributed by atoms with Crippen molar-refractivity contribution in [3.05, 3.63) is 59.2 Å². The van der Waals surface area contributed by atoms with Crippen molar-refractivity contribution < 1.29 is 14.6 Å². The van der Waals surface area contributed by atoms with Crippen LogP contribution in [0.1, 0.15) is 21.5 Å². The van der Waals surface area contributed by atoms with Gasteiger partial charge in [0.2, 0.25) is 0 Å². The Labute approximate surface area is 106 Å². The summed E-state index contributed by atoms with van der Waals surface area (Å²) in [5.41, 5.74) is 2.31. The van der Waals surface area contributed by atoms with Gasteiger partial charge >= 0.3 is 0 Å². The molecule has 0 heterocycles. The van der Waals surface area contributed by atoms with Gasteiger partial charge in [0.25, 0.3) is 0 Å². The van der Waals surface area contributed by atoms with Crippen LogP contribution in [-0.2, 0) is 6.61 Å². The first-order valence-electron chi connectivity index (χ1n) is 5.66. The number of hydrogen-bond acceptors (Lipinski definition) is 3. The van der Waals surface area contributed by atoms with Crippen molar-refractivity contribution in [2.45, 2.75) is 13.5 Å². The van der Waals surface area contributed by atoms with Crippen molar-refractivity contribution in [2.24, 2.45) is 0 Å². The molecule has 18 heavy (non-hydrogen) atoms. The number of carbonyl (C=O) groups is 1. The summed E-state index contributed by atoms with van der Waals surface area (Å²) in [5, 5.41) is 9.35. The van der Waals surface area contributed by atoms with E-state index in [1.165, 1.54) is 0 Å². The van der Waals surface area contributed by atoms with Crippen LogP contribution in [-0.4, -0.2) is 11.4 Å². The lowest BCUT2D eigenvalue weighted by atomic mass is 10.1. The van der Waals surface area contributed by atoms with E-state index < -0.39 is 0 Å². The Kier molecular flexibility index (Phi) is 3.63. The van der Waals surface area contributed by atoms with Gasteiger partial charge in [0.05, 0.1) is 5.56 Å². The normalized spacial score (nSPS) is 10.1. The number of hydrogen-bond donors (Lipinski definition) is 1. The van der Waals surface area contributed by atoms with Gasteiger partial charge in [-0.3, -0.25) is 4.79 Å². The number of aryl methyl sites for hydroxylation is 1. The van der Waals surface area contributed by atoms with Crippen molar-refractivity contribution in [3.63, 3.8) is 0 Å².